The molecule has 0 radical (unpaired) electrons. The maximum atomic E-state index is 13.1. The summed E-state index contributed by atoms with van der Waals surface area (Å²) in [6.07, 6.45) is 3.76. The van der Waals surface area contributed by atoms with E-state index < -0.39 is 10.0 Å². The Bertz CT molecular complexity index is 1010. The van der Waals surface area contributed by atoms with Crippen molar-refractivity contribution in [3.63, 3.8) is 0 Å². The normalized spacial score (nSPS) is 18.4. The quantitative estimate of drug-likeness (QED) is 0.754. The number of nitrogens with zero attached hydrogens (tertiary/aromatic N) is 2. The number of rotatable bonds is 2. The zero-order valence-corrected chi connectivity index (χ0v) is 18.8. The lowest BCUT2D eigenvalue weighted by atomic mass is 9.78. The third-order valence-corrected chi connectivity index (χ3v) is 7.10. The fourth-order valence-corrected chi connectivity index (χ4v) is 5.16. The second-order valence-corrected chi connectivity index (χ2v) is 11.5. The molecule has 2 heterocycles. The van der Waals surface area contributed by atoms with Crippen molar-refractivity contribution >= 4 is 21.9 Å². The first-order valence-corrected chi connectivity index (χ1v) is 11.3. The predicted molar refractivity (Wildman–Crippen MR) is 119 cm³/mol. The second kappa shape index (κ2) is 7.17. The van der Waals surface area contributed by atoms with E-state index in [2.05, 4.69) is 4.98 Å². The number of benzene rings is 1. The summed E-state index contributed by atoms with van der Waals surface area (Å²) in [5.74, 6) is 0.726. The standard InChI is InChI=1S/C23H30N2O3S/c1-22(2,3)18-14-16(15-19(21(18)26)23(4,5)6)13-17-10-12-25(29(17,27)28)20-9-7-8-11-24-20/h7-9,11,13-15,26H,10,12H2,1-6H3/b17-13+. The van der Waals surface area contributed by atoms with Crippen LogP contribution in [0.15, 0.2) is 41.4 Å². The van der Waals surface area contributed by atoms with Crippen molar-refractivity contribution in [3.05, 3.63) is 58.1 Å². The number of aromatic nitrogens is 1. The van der Waals surface area contributed by atoms with Gasteiger partial charge in [-0.15, -0.1) is 0 Å². The van der Waals surface area contributed by atoms with Gasteiger partial charge in [0.2, 0.25) is 0 Å². The van der Waals surface area contributed by atoms with Gasteiger partial charge in [-0.05, 0) is 46.7 Å². The summed E-state index contributed by atoms with van der Waals surface area (Å²) in [5, 5.41) is 10.9. The molecule has 1 N–H and O–H groups in total. The van der Waals surface area contributed by atoms with Gasteiger partial charge in [0.1, 0.15) is 11.6 Å². The molecule has 1 aromatic heterocycles. The summed E-state index contributed by atoms with van der Waals surface area (Å²) in [4.78, 5) is 4.56. The molecule has 6 heteroatoms. The topological polar surface area (TPSA) is 70.5 Å². The Hall–Kier alpha value is -2.34. The number of pyridine rings is 1. The van der Waals surface area contributed by atoms with E-state index in [0.717, 1.165) is 16.7 Å². The number of hydrogen-bond acceptors (Lipinski definition) is 4. The van der Waals surface area contributed by atoms with Crippen molar-refractivity contribution in [1.29, 1.82) is 0 Å². The summed E-state index contributed by atoms with van der Waals surface area (Å²) < 4.78 is 27.5. The van der Waals surface area contributed by atoms with Gasteiger partial charge >= 0.3 is 0 Å². The molecule has 1 aliphatic rings. The molecule has 0 aliphatic carbocycles. The SMILES string of the molecule is CC(C)(C)c1cc(/C=C2\CCN(c3ccccn3)S2(=O)=O)cc(C(C)(C)C)c1O. The lowest BCUT2D eigenvalue weighted by Gasteiger charge is -2.28. The Labute approximate surface area is 174 Å². The predicted octanol–water partition coefficient (Wildman–Crippen LogP) is 4.96. The molecule has 0 atom stereocenters. The summed E-state index contributed by atoms with van der Waals surface area (Å²) in [7, 11) is -3.62. The van der Waals surface area contributed by atoms with Crippen LogP contribution in [-0.2, 0) is 20.9 Å². The molecule has 5 nitrogen and oxygen atoms in total. The van der Waals surface area contributed by atoms with Gasteiger partial charge in [-0.1, -0.05) is 47.6 Å². The zero-order chi connectivity index (χ0) is 21.6. The Morgan fingerprint density at radius 1 is 1.03 bits per heavy atom. The van der Waals surface area contributed by atoms with E-state index in [-0.39, 0.29) is 16.6 Å². The van der Waals surface area contributed by atoms with E-state index in [0.29, 0.717) is 23.7 Å². The molecular formula is C23H30N2O3S. The molecular weight excluding hydrogens is 384 g/mol. The Morgan fingerprint density at radius 3 is 2.10 bits per heavy atom. The van der Waals surface area contributed by atoms with Crippen molar-refractivity contribution in [2.75, 3.05) is 10.8 Å². The van der Waals surface area contributed by atoms with Crippen molar-refractivity contribution < 1.29 is 13.5 Å². The third-order valence-electron chi connectivity index (χ3n) is 5.16. The first-order valence-electron chi connectivity index (χ1n) is 9.84. The van der Waals surface area contributed by atoms with Crippen LogP contribution in [0.25, 0.3) is 6.08 Å². The molecule has 29 heavy (non-hydrogen) atoms. The minimum absolute atomic E-state index is 0.271. The number of sulfonamides is 1. The van der Waals surface area contributed by atoms with E-state index >= 15 is 0 Å². The van der Waals surface area contributed by atoms with Crippen molar-refractivity contribution in [3.8, 4) is 5.75 Å². The van der Waals surface area contributed by atoms with Crippen LogP contribution < -0.4 is 4.31 Å². The van der Waals surface area contributed by atoms with Crippen molar-refractivity contribution in [2.24, 2.45) is 0 Å². The van der Waals surface area contributed by atoms with Gasteiger partial charge in [-0.25, -0.2) is 17.7 Å². The van der Waals surface area contributed by atoms with Crippen LogP contribution in [0.5, 0.6) is 5.75 Å². The van der Waals surface area contributed by atoms with Crippen LogP contribution >= 0.6 is 0 Å². The Kier molecular flexibility index (Phi) is 5.28. The average Bonchev–Trinajstić information content (AvgIpc) is 2.89. The molecule has 1 aromatic carbocycles. The van der Waals surface area contributed by atoms with E-state index in [1.807, 2.05) is 53.7 Å². The molecule has 0 unspecified atom stereocenters. The first-order chi connectivity index (χ1) is 13.3. The van der Waals surface area contributed by atoms with Gasteiger partial charge in [0.05, 0.1) is 4.91 Å². The minimum atomic E-state index is -3.62. The molecule has 0 bridgehead atoms. The third kappa shape index (κ3) is 4.17. The van der Waals surface area contributed by atoms with Gasteiger partial charge in [0.25, 0.3) is 10.0 Å². The Morgan fingerprint density at radius 2 is 1.62 bits per heavy atom. The van der Waals surface area contributed by atoms with Gasteiger partial charge in [-0.2, -0.15) is 0 Å². The van der Waals surface area contributed by atoms with E-state index in [9.17, 15) is 13.5 Å². The van der Waals surface area contributed by atoms with Crippen LogP contribution in [0.3, 0.4) is 0 Å². The number of hydrogen-bond donors (Lipinski definition) is 1. The summed E-state index contributed by atoms with van der Waals surface area (Å²) in [6, 6.07) is 9.05. The van der Waals surface area contributed by atoms with E-state index in [4.69, 9.17) is 0 Å². The van der Waals surface area contributed by atoms with Crippen LogP contribution in [0.4, 0.5) is 5.82 Å². The molecule has 0 spiro atoms. The molecule has 1 aliphatic heterocycles. The summed E-state index contributed by atoms with van der Waals surface area (Å²) in [5.41, 5.74) is 1.88. The van der Waals surface area contributed by atoms with Crippen LogP contribution in [0, 0.1) is 0 Å². The highest BCUT2D eigenvalue weighted by Gasteiger charge is 2.35. The molecule has 1 saturated heterocycles. The zero-order valence-electron chi connectivity index (χ0n) is 18.0. The van der Waals surface area contributed by atoms with Crippen LogP contribution in [0.2, 0.25) is 0 Å². The number of aromatic hydroxyl groups is 1. The molecule has 0 amide bonds. The summed E-state index contributed by atoms with van der Waals surface area (Å²) >= 11 is 0. The fourth-order valence-electron chi connectivity index (χ4n) is 3.56. The highest BCUT2D eigenvalue weighted by Crippen LogP contribution is 2.41. The number of phenolic OH excluding ortho intramolecular Hbond substituents is 1. The van der Waals surface area contributed by atoms with Gasteiger partial charge in [0.15, 0.2) is 0 Å². The minimum Gasteiger partial charge on any atom is -0.507 e. The van der Waals surface area contributed by atoms with Crippen LogP contribution in [-0.4, -0.2) is 25.1 Å². The number of anilines is 1. The molecule has 3 rings (SSSR count). The van der Waals surface area contributed by atoms with Gasteiger partial charge < -0.3 is 5.11 Å². The Balaban J connectivity index is 2.11. The molecule has 156 valence electrons. The van der Waals surface area contributed by atoms with Crippen LogP contribution in [0.1, 0.15) is 64.7 Å². The highest BCUT2D eigenvalue weighted by atomic mass is 32.2. The van der Waals surface area contributed by atoms with Gasteiger partial charge in [0, 0.05) is 30.3 Å². The van der Waals surface area contributed by atoms with E-state index in [1.54, 1.807) is 30.5 Å². The molecule has 2 aromatic rings. The monoisotopic (exact) mass is 414 g/mol. The van der Waals surface area contributed by atoms with E-state index in [1.165, 1.54) is 4.31 Å². The fraction of sp³-hybridized carbons (Fsp3) is 0.435. The highest BCUT2D eigenvalue weighted by molar-refractivity contribution is 7.97. The maximum absolute atomic E-state index is 13.1. The average molecular weight is 415 g/mol. The maximum Gasteiger partial charge on any atom is 0.261 e. The van der Waals surface area contributed by atoms with Crippen molar-refractivity contribution in [2.45, 2.75) is 58.8 Å². The van der Waals surface area contributed by atoms with Gasteiger partial charge in [-0.3, -0.25) is 0 Å². The number of phenols is 1. The first kappa shape index (κ1) is 21.4. The lowest BCUT2D eigenvalue weighted by molar-refractivity contribution is 0.423. The smallest absolute Gasteiger partial charge is 0.261 e. The largest absolute Gasteiger partial charge is 0.507 e. The second-order valence-electron chi connectivity index (χ2n) is 9.59. The van der Waals surface area contributed by atoms with Crippen molar-refractivity contribution in [1.82, 2.24) is 4.98 Å². The lowest BCUT2D eigenvalue weighted by Crippen LogP contribution is -2.25. The molecule has 1 fully saturated rings. The summed E-state index contributed by atoms with van der Waals surface area (Å²) in [6.45, 7) is 12.6. The molecule has 0 saturated carbocycles.